The van der Waals surface area contributed by atoms with Crippen LogP contribution in [-0.2, 0) is 15.0 Å². The highest BCUT2D eigenvalue weighted by atomic mass is 16.2. The maximum absolute atomic E-state index is 12.3. The van der Waals surface area contributed by atoms with Gasteiger partial charge in [-0.05, 0) is 18.4 Å². The van der Waals surface area contributed by atoms with Crippen LogP contribution in [0.5, 0.6) is 0 Å². The molecule has 0 spiro atoms. The summed E-state index contributed by atoms with van der Waals surface area (Å²) in [6, 6.07) is 9.55. The fourth-order valence-electron chi connectivity index (χ4n) is 2.45. The third kappa shape index (κ3) is 1.74. The van der Waals surface area contributed by atoms with E-state index in [1.165, 1.54) is 0 Å². The molecule has 0 aliphatic carbocycles. The predicted octanol–water partition coefficient (Wildman–Crippen LogP) is 1.36. The molecular weight excluding hydrogens is 216 g/mol. The Hall–Kier alpha value is -1.68. The first kappa shape index (κ1) is 11.8. The molecule has 2 amide bonds. The quantitative estimate of drug-likeness (QED) is 0.475. The van der Waals surface area contributed by atoms with Gasteiger partial charge in [-0.2, -0.15) is 0 Å². The highest BCUT2D eigenvalue weighted by molar-refractivity contribution is 6.02. The zero-order valence-electron chi connectivity index (χ0n) is 9.85. The van der Waals surface area contributed by atoms with Crippen LogP contribution in [0.1, 0.15) is 31.7 Å². The van der Waals surface area contributed by atoms with Gasteiger partial charge < -0.3 is 0 Å². The number of amides is 2. The van der Waals surface area contributed by atoms with E-state index in [2.05, 4.69) is 0 Å². The number of benzene rings is 1. The monoisotopic (exact) mass is 232 g/mol. The van der Waals surface area contributed by atoms with Crippen LogP contribution in [-0.4, -0.2) is 16.8 Å². The summed E-state index contributed by atoms with van der Waals surface area (Å²) in [5, 5.41) is 0.778. The van der Waals surface area contributed by atoms with E-state index < -0.39 is 5.41 Å². The molecule has 0 unspecified atom stereocenters. The Labute approximate surface area is 100 Å². The molecule has 1 aromatic rings. The predicted molar refractivity (Wildman–Crippen MR) is 63.7 cm³/mol. The van der Waals surface area contributed by atoms with Crippen molar-refractivity contribution < 1.29 is 9.59 Å². The summed E-state index contributed by atoms with van der Waals surface area (Å²) in [6.45, 7) is 1.95. The molecule has 4 heteroatoms. The Morgan fingerprint density at radius 1 is 1.29 bits per heavy atom. The second-order valence-electron chi connectivity index (χ2n) is 4.37. The van der Waals surface area contributed by atoms with E-state index in [1.807, 2.05) is 37.3 Å². The van der Waals surface area contributed by atoms with E-state index in [-0.39, 0.29) is 11.8 Å². The molecule has 90 valence electrons. The van der Waals surface area contributed by atoms with E-state index >= 15 is 0 Å². The number of imide groups is 1. The lowest BCUT2D eigenvalue weighted by atomic mass is 9.71. The van der Waals surface area contributed by atoms with E-state index in [0.29, 0.717) is 19.3 Å². The van der Waals surface area contributed by atoms with Crippen molar-refractivity contribution in [2.45, 2.75) is 31.6 Å². The van der Waals surface area contributed by atoms with Crippen molar-refractivity contribution in [3.63, 3.8) is 0 Å². The SMILES string of the molecule is CC[C@]1(c2ccccc2)CCC(=O)N(N)C1=O. The molecule has 1 heterocycles. The van der Waals surface area contributed by atoms with Gasteiger partial charge in [0.2, 0.25) is 5.91 Å². The Morgan fingerprint density at radius 3 is 2.53 bits per heavy atom. The van der Waals surface area contributed by atoms with Crippen molar-refractivity contribution in [2.75, 3.05) is 0 Å². The van der Waals surface area contributed by atoms with Gasteiger partial charge in [-0.25, -0.2) is 10.9 Å². The first-order valence-electron chi connectivity index (χ1n) is 5.79. The van der Waals surface area contributed by atoms with Crippen molar-refractivity contribution in [1.82, 2.24) is 5.01 Å². The average molecular weight is 232 g/mol. The van der Waals surface area contributed by atoms with E-state index in [0.717, 1.165) is 10.6 Å². The highest BCUT2D eigenvalue weighted by Gasteiger charge is 2.46. The number of nitrogens with zero attached hydrogens (tertiary/aromatic N) is 1. The van der Waals surface area contributed by atoms with Crippen molar-refractivity contribution >= 4 is 11.8 Å². The topological polar surface area (TPSA) is 63.4 Å². The molecule has 1 atom stereocenters. The Bertz CT molecular complexity index is 444. The second-order valence-corrected chi connectivity index (χ2v) is 4.37. The zero-order chi connectivity index (χ0) is 12.5. The summed E-state index contributed by atoms with van der Waals surface area (Å²) < 4.78 is 0. The van der Waals surface area contributed by atoms with Gasteiger partial charge in [0.25, 0.3) is 5.91 Å². The van der Waals surface area contributed by atoms with Crippen LogP contribution in [0.3, 0.4) is 0 Å². The molecule has 0 bridgehead atoms. The summed E-state index contributed by atoms with van der Waals surface area (Å²) in [6.07, 6.45) is 1.51. The molecule has 1 aliphatic rings. The molecule has 0 radical (unpaired) electrons. The lowest BCUT2D eigenvalue weighted by Gasteiger charge is -2.38. The fourth-order valence-corrected chi connectivity index (χ4v) is 2.45. The minimum atomic E-state index is -0.635. The van der Waals surface area contributed by atoms with Crippen LogP contribution in [0.25, 0.3) is 0 Å². The normalized spacial score (nSPS) is 25.2. The lowest BCUT2D eigenvalue weighted by molar-refractivity contribution is -0.154. The molecule has 1 aliphatic heterocycles. The summed E-state index contributed by atoms with van der Waals surface area (Å²) in [4.78, 5) is 23.7. The second kappa shape index (κ2) is 4.30. The van der Waals surface area contributed by atoms with Crippen molar-refractivity contribution in [3.8, 4) is 0 Å². The molecule has 2 N–H and O–H groups in total. The number of rotatable bonds is 2. The van der Waals surface area contributed by atoms with Crippen molar-refractivity contribution in [3.05, 3.63) is 35.9 Å². The number of carbonyl (C=O) groups excluding carboxylic acids is 2. The Balaban J connectivity index is 2.45. The third-order valence-corrected chi connectivity index (χ3v) is 3.59. The van der Waals surface area contributed by atoms with Gasteiger partial charge in [0.15, 0.2) is 0 Å². The van der Waals surface area contributed by atoms with Gasteiger partial charge in [0.1, 0.15) is 0 Å². The molecule has 0 saturated carbocycles. The average Bonchev–Trinajstić information content (AvgIpc) is 2.38. The van der Waals surface area contributed by atoms with E-state index in [1.54, 1.807) is 0 Å². The number of nitrogens with two attached hydrogens (primary N) is 1. The number of hydrazine groups is 1. The number of hydrogen-bond donors (Lipinski definition) is 1. The standard InChI is InChI=1S/C13H16N2O2/c1-2-13(10-6-4-3-5-7-10)9-8-11(16)15(14)12(13)17/h3-7H,2,8-9,14H2,1H3/t13-/m1/s1. The Kier molecular flexibility index (Phi) is 2.98. The Morgan fingerprint density at radius 2 is 1.94 bits per heavy atom. The van der Waals surface area contributed by atoms with Crippen LogP contribution in [0.4, 0.5) is 0 Å². The zero-order valence-corrected chi connectivity index (χ0v) is 9.85. The van der Waals surface area contributed by atoms with Gasteiger partial charge in [0, 0.05) is 6.42 Å². The number of carbonyl (C=O) groups is 2. The van der Waals surface area contributed by atoms with Crippen LogP contribution in [0.15, 0.2) is 30.3 Å². The minimum Gasteiger partial charge on any atom is -0.273 e. The van der Waals surface area contributed by atoms with Crippen molar-refractivity contribution in [1.29, 1.82) is 0 Å². The largest absolute Gasteiger partial charge is 0.273 e. The molecule has 1 aromatic carbocycles. The van der Waals surface area contributed by atoms with E-state index in [9.17, 15) is 9.59 Å². The van der Waals surface area contributed by atoms with Gasteiger partial charge in [0.05, 0.1) is 5.41 Å². The lowest BCUT2D eigenvalue weighted by Crippen LogP contribution is -2.56. The van der Waals surface area contributed by atoms with Crippen LogP contribution >= 0.6 is 0 Å². The highest BCUT2D eigenvalue weighted by Crippen LogP contribution is 2.37. The number of hydrogen-bond acceptors (Lipinski definition) is 3. The van der Waals surface area contributed by atoms with Gasteiger partial charge in [-0.15, -0.1) is 0 Å². The fraction of sp³-hybridized carbons (Fsp3) is 0.385. The smallest absolute Gasteiger partial charge is 0.254 e. The van der Waals surface area contributed by atoms with Crippen molar-refractivity contribution in [2.24, 2.45) is 5.84 Å². The van der Waals surface area contributed by atoms with Crippen LogP contribution < -0.4 is 5.84 Å². The third-order valence-electron chi connectivity index (χ3n) is 3.59. The van der Waals surface area contributed by atoms with E-state index in [4.69, 9.17) is 5.84 Å². The maximum atomic E-state index is 12.3. The first-order chi connectivity index (χ1) is 8.12. The van der Waals surface area contributed by atoms with Gasteiger partial charge in [-0.1, -0.05) is 37.3 Å². The van der Waals surface area contributed by atoms with Crippen LogP contribution in [0.2, 0.25) is 0 Å². The summed E-state index contributed by atoms with van der Waals surface area (Å²) >= 11 is 0. The minimum absolute atomic E-state index is 0.289. The molecule has 1 fully saturated rings. The molecule has 4 nitrogen and oxygen atoms in total. The first-order valence-corrected chi connectivity index (χ1v) is 5.79. The molecule has 0 aromatic heterocycles. The summed E-state index contributed by atoms with van der Waals surface area (Å²) in [5.41, 5.74) is 0.305. The van der Waals surface area contributed by atoms with Gasteiger partial charge >= 0.3 is 0 Å². The molecule has 2 rings (SSSR count). The van der Waals surface area contributed by atoms with Crippen LogP contribution in [0, 0.1) is 0 Å². The molecule has 1 saturated heterocycles. The maximum Gasteiger partial charge on any atom is 0.254 e. The molecule has 17 heavy (non-hydrogen) atoms. The van der Waals surface area contributed by atoms with Gasteiger partial charge in [-0.3, -0.25) is 9.59 Å². The number of piperidine rings is 1. The summed E-state index contributed by atoms with van der Waals surface area (Å²) in [5.74, 6) is 4.96. The molecular formula is C13H16N2O2. The summed E-state index contributed by atoms with van der Waals surface area (Å²) in [7, 11) is 0.